The zero-order chi connectivity index (χ0) is 19.7. The van der Waals surface area contributed by atoms with Crippen molar-refractivity contribution in [2.24, 2.45) is 23.7 Å². The van der Waals surface area contributed by atoms with Crippen LogP contribution in [0.4, 0.5) is 5.69 Å². The molecule has 2 N–H and O–H groups in total. The van der Waals surface area contributed by atoms with Crippen LogP contribution in [-0.4, -0.2) is 43.1 Å². The van der Waals surface area contributed by atoms with Crippen molar-refractivity contribution in [3.63, 3.8) is 0 Å². The zero-order valence-corrected chi connectivity index (χ0v) is 14.8. The number of carboxylic acids is 1. The first-order chi connectivity index (χ1) is 12.9. The van der Waals surface area contributed by atoms with Crippen molar-refractivity contribution < 1.29 is 33.8 Å². The summed E-state index contributed by atoms with van der Waals surface area (Å²) in [4.78, 5) is 48.2. The number of amides is 1. The van der Waals surface area contributed by atoms with E-state index in [-0.39, 0.29) is 28.7 Å². The molecular formula is C19H19NO7. The van der Waals surface area contributed by atoms with E-state index in [0.29, 0.717) is 6.42 Å². The lowest BCUT2D eigenvalue weighted by molar-refractivity contribution is -0.146. The number of benzene rings is 1. The summed E-state index contributed by atoms with van der Waals surface area (Å²) in [6.45, 7) is 0. The Morgan fingerprint density at radius 1 is 1.00 bits per heavy atom. The van der Waals surface area contributed by atoms with Gasteiger partial charge in [-0.2, -0.15) is 0 Å². The van der Waals surface area contributed by atoms with Crippen LogP contribution in [0.15, 0.2) is 30.4 Å². The predicted octanol–water partition coefficient (Wildman–Crippen LogP) is 1.72. The first kappa shape index (κ1) is 18.6. The summed E-state index contributed by atoms with van der Waals surface area (Å²) in [7, 11) is 2.41. The third-order valence-corrected chi connectivity index (χ3v) is 5.15. The molecule has 1 fully saturated rings. The quantitative estimate of drug-likeness (QED) is 0.596. The van der Waals surface area contributed by atoms with Crippen LogP contribution in [0.3, 0.4) is 0 Å². The van der Waals surface area contributed by atoms with Gasteiger partial charge in [-0.05, 0) is 36.5 Å². The van der Waals surface area contributed by atoms with Crippen LogP contribution in [0, 0.1) is 23.7 Å². The molecule has 0 spiro atoms. The van der Waals surface area contributed by atoms with Crippen LogP contribution in [-0.2, 0) is 19.1 Å². The lowest BCUT2D eigenvalue weighted by Crippen LogP contribution is -2.36. The Morgan fingerprint density at radius 2 is 1.63 bits per heavy atom. The van der Waals surface area contributed by atoms with E-state index >= 15 is 0 Å². The molecule has 3 rings (SSSR count). The van der Waals surface area contributed by atoms with Crippen molar-refractivity contribution in [2.75, 3.05) is 19.5 Å². The zero-order valence-electron chi connectivity index (χ0n) is 14.8. The molecule has 1 amide bonds. The van der Waals surface area contributed by atoms with E-state index in [1.807, 2.05) is 12.2 Å². The summed E-state index contributed by atoms with van der Waals surface area (Å²) in [5, 5.41) is 12.1. The molecule has 4 atom stereocenters. The smallest absolute Gasteiger partial charge is 0.339 e. The molecule has 0 aliphatic heterocycles. The molecule has 2 aliphatic rings. The van der Waals surface area contributed by atoms with Gasteiger partial charge in [0, 0.05) is 0 Å². The van der Waals surface area contributed by atoms with Gasteiger partial charge in [-0.1, -0.05) is 12.2 Å². The Labute approximate surface area is 155 Å². The van der Waals surface area contributed by atoms with E-state index < -0.39 is 35.7 Å². The number of methoxy groups -OCH3 is 2. The average molecular weight is 373 g/mol. The fraction of sp³-hybridized carbons (Fsp3) is 0.368. The second-order valence-corrected chi connectivity index (χ2v) is 6.57. The van der Waals surface area contributed by atoms with Gasteiger partial charge in [0.1, 0.15) is 0 Å². The van der Waals surface area contributed by atoms with Crippen molar-refractivity contribution in [3.8, 4) is 0 Å². The maximum absolute atomic E-state index is 12.9. The van der Waals surface area contributed by atoms with Gasteiger partial charge in [-0.15, -0.1) is 0 Å². The Balaban J connectivity index is 1.92. The van der Waals surface area contributed by atoms with Gasteiger partial charge in [-0.3, -0.25) is 9.59 Å². The predicted molar refractivity (Wildman–Crippen MR) is 93.1 cm³/mol. The highest BCUT2D eigenvalue weighted by molar-refractivity contribution is 6.04. The molecule has 0 heterocycles. The summed E-state index contributed by atoms with van der Waals surface area (Å²) >= 11 is 0. The molecule has 8 heteroatoms. The maximum atomic E-state index is 12.9. The van der Waals surface area contributed by atoms with Gasteiger partial charge in [0.2, 0.25) is 5.91 Å². The molecule has 27 heavy (non-hydrogen) atoms. The number of hydrogen-bond acceptors (Lipinski definition) is 6. The minimum absolute atomic E-state index is 0.0593. The number of anilines is 1. The van der Waals surface area contributed by atoms with Crippen molar-refractivity contribution in [1.82, 2.24) is 0 Å². The van der Waals surface area contributed by atoms with Crippen molar-refractivity contribution in [2.45, 2.75) is 6.42 Å². The summed E-state index contributed by atoms with van der Waals surface area (Å²) in [6, 6.07) is 4.05. The molecule has 0 radical (unpaired) electrons. The van der Waals surface area contributed by atoms with Gasteiger partial charge in [0.25, 0.3) is 0 Å². The highest BCUT2D eigenvalue weighted by atomic mass is 16.5. The number of esters is 2. The van der Waals surface area contributed by atoms with E-state index in [9.17, 15) is 24.3 Å². The van der Waals surface area contributed by atoms with Crippen molar-refractivity contribution >= 4 is 29.5 Å². The third kappa shape index (κ3) is 3.30. The van der Waals surface area contributed by atoms with Crippen LogP contribution in [0.1, 0.15) is 27.1 Å². The minimum atomic E-state index is -1.02. The number of carbonyl (C=O) groups excluding carboxylic acids is 3. The number of carbonyl (C=O) groups is 4. The summed E-state index contributed by atoms with van der Waals surface area (Å²) < 4.78 is 9.36. The number of rotatable bonds is 5. The molecule has 0 unspecified atom stereocenters. The van der Waals surface area contributed by atoms with Crippen LogP contribution >= 0.6 is 0 Å². The molecule has 142 valence electrons. The van der Waals surface area contributed by atoms with E-state index in [1.165, 1.54) is 32.4 Å². The summed E-state index contributed by atoms with van der Waals surface area (Å²) in [6.07, 6.45) is 4.31. The summed E-state index contributed by atoms with van der Waals surface area (Å²) in [5.74, 6) is -4.76. The Morgan fingerprint density at radius 3 is 2.22 bits per heavy atom. The van der Waals surface area contributed by atoms with Crippen LogP contribution in [0.25, 0.3) is 0 Å². The Bertz CT molecular complexity index is 844. The second kappa shape index (κ2) is 7.22. The van der Waals surface area contributed by atoms with E-state index in [2.05, 4.69) is 10.1 Å². The molecule has 1 saturated carbocycles. The Hall–Kier alpha value is -3.16. The monoisotopic (exact) mass is 373 g/mol. The molecule has 8 nitrogen and oxygen atoms in total. The molecule has 2 aliphatic carbocycles. The number of hydrogen-bond donors (Lipinski definition) is 2. The Kier molecular flexibility index (Phi) is 4.98. The fourth-order valence-electron chi connectivity index (χ4n) is 3.91. The highest BCUT2D eigenvalue weighted by Gasteiger charge is 2.51. The number of carboxylic acid groups (broad SMARTS) is 1. The van der Waals surface area contributed by atoms with Gasteiger partial charge >= 0.3 is 17.9 Å². The fourth-order valence-corrected chi connectivity index (χ4v) is 3.91. The topological polar surface area (TPSA) is 119 Å². The van der Waals surface area contributed by atoms with Crippen molar-refractivity contribution in [3.05, 3.63) is 41.5 Å². The first-order valence-electron chi connectivity index (χ1n) is 8.40. The molecule has 0 aromatic heterocycles. The normalized spacial score (nSPS) is 25.1. The van der Waals surface area contributed by atoms with Crippen molar-refractivity contribution in [1.29, 1.82) is 0 Å². The van der Waals surface area contributed by atoms with Gasteiger partial charge in [0.05, 0.1) is 42.9 Å². The van der Waals surface area contributed by atoms with Crippen LogP contribution in [0.5, 0.6) is 0 Å². The number of aliphatic carboxylic acids is 1. The highest BCUT2D eigenvalue weighted by Crippen LogP contribution is 2.48. The first-order valence-corrected chi connectivity index (χ1v) is 8.40. The lowest BCUT2D eigenvalue weighted by Gasteiger charge is -2.24. The third-order valence-electron chi connectivity index (χ3n) is 5.15. The molecule has 2 bridgehead atoms. The second-order valence-electron chi connectivity index (χ2n) is 6.57. The van der Waals surface area contributed by atoms with E-state index in [0.717, 1.165) is 0 Å². The molecule has 0 saturated heterocycles. The van der Waals surface area contributed by atoms with Gasteiger partial charge in [-0.25, -0.2) is 9.59 Å². The van der Waals surface area contributed by atoms with E-state index in [1.54, 1.807) is 0 Å². The minimum Gasteiger partial charge on any atom is -0.481 e. The lowest BCUT2D eigenvalue weighted by atomic mass is 9.82. The maximum Gasteiger partial charge on any atom is 0.339 e. The van der Waals surface area contributed by atoms with Gasteiger partial charge < -0.3 is 19.9 Å². The molecular weight excluding hydrogens is 354 g/mol. The van der Waals surface area contributed by atoms with Crippen LogP contribution in [0.2, 0.25) is 0 Å². The van der Waals surface area contributed by atoms with Crippen LogP contribution < -0.4 is 5.32 Å². The van der Waals surface area contributed by atoms with E-state index in [4.69, 9.17) is 4.74 Å². The molecule has 1 aromatic rings. The number of ether oxygens (including phenoxy) is 2. The molecule has 1 aromatic carbocycles. The number of fused-ring (bicyclic) bond motifs is 2. The summed E-state index contributed by atoms with van der Waals surface area (Å²) in [5.41, 5.74) is 0.276. The largest absolute Gasteiger partial charge is 0.481 e. The average Bonchev–Trinajstić information content (AvgIpc) is 3.28. The standard InChI is InChI=1S/C19H19NO7/c1-26-18(24)11-5-6-12(19(25)27-2)13(8-11)20-16(21)14-9-3-4-10(7-9)15(14)17(22)23/h3-6,8-10,14-15H,7H2,1-2H3,(H,20,21)(H,22,23)/t9-,10-,14-,15-/m0/s1. The number of allylic oxidation sites excluding steroid dienone is 2. The number of nitrogens with one attached hydrogen (secondary N) is 1. The SMILES string of the molecule is COC(=O)c1ccc(C(=O)OC)c(NC(=O)[C@@H]2[C@@H](C(=O)O)[C@H]3C=C[C@H]2C3)c1. The van der Waals surface area contributed by atoms with Gasteiger partial charge in [0.15, 0.2) is 0 Å².